The van der Waals surface area contributed by atoms with Gasteiger partial charge in [-0.25, -0.2) is 9.67 Å². The van der Waals surface area contributed by atoms with Gasteiger partial charge in [-0.05, 0) is 25.3 Å². The Morgan fingerprint density at radius 3 is 2.81 bits per heavy atom. The summed E-state index contributed by atoms with van der Waals surface area (Å²) in [6.07, 6.45) is 6.92. The molecule has 21 heavy (non-hydrogen) atoms. The number of hydrogen-bond donors (Lipinski definition) is 1. The van der Waals surface area contributed by atoms with E-state index < -0.39 is 0 Å². The van der Waals surface area contributed by atoms with Crippen LogP contribution in [-0.2, 0) is 13.1 Å². The van der Waals surface area contributed by atoms with Gasteiger partial charge in [0, 0.05) is 25.8 Å². The molecule has 1 fully saturated rings. The molecule has 3 heterocycles. The van der Waals surface area contributed by atoms with E-state index in [2.05, 4.69) is 27.0 Å². The molecule has 1 aliphatic rings. The molecule has 2 N–H and O–H groups in total. The maximum Gasteiger partial charge on any atom is 0.145 e. The summed E-state index contributed by atoms with van der Waals surface area (Å²) in [4.78, 5) is 6.83. The number of piperidine rings is 1. The Labute approximate surface area is 124 Å². The maximum atomic E-state index is 5.69. The van der Waals surface area contributed by atoms with Crippen molar-refractivity contribution in [2.45, 2.75) is 45.3 Å². The molecule has 2 aromatic rings. The van der Waals surface area contributed by atoms with Gasteiger partial charge in [0.2, 0.25) is 0 Å². The number of aryl methyl sites for hydroxylation is 1. The SMILES string of the molecule is CCCn1ncnc1CN1CCC(n2ccc(N)n2)CC1. The standard InChI is InChI=1S/C14H23N7/c1-2-6-21-14(16-11-17-21)10-19-7-3-12(4-8-19)20-9-5-13(15)18-20/h5,9,11-12H,2-4,6-8,10H2,1H3,(H2,15,18). The average molecular weight is 289 g/mol. The van der Waals surface area contributed by atoms with Crippen molar-refractivity contribution in [3.05, 3.63) is 24.4 Å². The molecule has 0 amide bonds. The molecule has 0 aliphatic carbocycles. The minimum Gasteiger partial charge on any atom is -0.382 e. The zero-order valence-corrected chi connectivity index (χ0v) is 12.5. The van der Waals surface area contributed by atoms with E-state index in [0.717, 1.165) is 51.3 Å². The minimum atomic E-state index is 0.465. The number of nitrogens with two attached hydrogens (primary N) is 1. The lowest BCUT2D eigenvalue weighted by molar-refractivity contribution is 0.167. The van der Waals surface area contributed by atoms with Crippen molar-refractivity contribution in [1.29, 1.82) is 0 Å². The van der Waals surface area contributed by atoms with E-state index >= 15 is 0 Å². The molecule has 1 saturated heterocycles. The van der Waals surface area contributed by atoms with Crippen LogP contribution in [0.3, 0.4) is 0 Å². The Bertz CT molecular complexity index is 565. The molecule has 1 aliphatic heterocycles. The quantitative estimate of drug-likeness (QED) is 0.897. The van der Waals surface area contributed by atoms with Crippen LogP contribution in [0.25, 0.3) is 0 Å². The van der Waals surface area contributed by atoms with Gasteiger partial charge in [0.15, 0.2) is 0 Å². The molecule has 0 atom stereocenters. The zero-order chi connectivity index (χ0) is 14.7. The van der Waals surface area contributed by atoms with E-state index in [0.29, 0.717) is 11.9 Å². The van der Waals surface area contributed by atoms with E-state index in [1.54, 1.807) is 6.33 Å². The van der Waals surface area contributed by atoms with E-state index in [1.807, 2.05) is 21.6 Å². The monoisotopic (exact) mass is 289 g/mol. The van der Waals surface area contributed by atoms with Crippen LogP contribution in [-0.4, -0.2) is 42.5 Å². The van der Waals surface area contributed by atoms with Gasteiger partial charge in [0.1, 0.15) is 18.0 Å². The molecule has 0 bridgehead atoms. The van der Waals surface area contributed by atoms with Crippen molar-refractivity contribution in [2.75, 3.05) is 18.8 Å². The van der Waals surface area contributed by atoms with Crippen LogP contribution >= 0.6 is 0 Å². The first-order valence-corrected chi connectivity index (χ1v) is 7.66. The summed E-state index contributed by atoms with van der Waals surface area (Å²) in [5.41, 5.74) is 5.69. The highest BCUT2D eigenvalue weighted by atomic mass is 15.4. The number of likely N-dealkylation sites (tertiary alicyclic amines) is 1. The number of rotatable bonds is 5. The van der Waals surface area contributed by atoms with Crippen molar-refractivity contribution >= 4 is 5.82 Å². The third-order valence-electron chi connectivity index (χ3n) is 4.06. The van der Waals surface area contributed by atoms with Crippen LogP contribution in [0.2, 0.25) is 0 Å². The normalized spacial score (nSPS) is 17.4. The highest BCUT2D eigenvalue weighted by Gasteiger charge is 2.22. The van der Waals surface area contributed by atoms with E-state index in [9.17, 15) is 0 Å². The molecule has 2 aromatic heterocycles. The lowest BCUT2D eigenvalue weighted by atomic mass is 10.1. The van der Waals surface area contributed by atoms with Gasteiger partial charge in [0.05, 0.1) is 12.6 Å². The third-order valence-corrected chi connectivity index (χ3v) is 4.06. The number of hydrogen-bond acceptors (Lipinski definition) is 5. The number of aromatic nitrogens is 5. The summed E-state index contributed by atoms with van der Waals surface area (Å²) in [6, 6.07) is 2.33. The number of nitrogen functional groups attached to an aromatic ring is 1. The fraction of sp³-hybridized carbons (Fsp3) is 0.643. The molecule has 0 aromatic carbocycles. The molecule has 114 valence electrons. The van der Waals surface area contributed by atoms with Crippen molar-refractivity contribution < 1.29 is 0 Å². The Balaban J connectivity index is 1.55. The summed E-state index contributed by atoms with van der Waals surface area (Å²) in [7, 11) is 0. The summed E-state index contributed by atoms with van der Waals surface area (Å²) < 4.78 is 4.02. The lowest BCUT2D eigenvalue weighted by Gasteiger charge is -2.31. The average Bonchev–Trinajstić information content (AvgIpc) is 3.10. The predicted molar refractivity (Wildman–Crippen MR) is 80.5 cm³/mol. The van der Waals surface area contributed by atoms with E-state index in [4.69, 9.17) is 5.73 Å². The molecule has 7 heteroatoms. The Morgan fingerprint density at radius 1 is 1.33 bits per heavy atom. The second kappa shape index (κ2) is 6.26. The summed E-state index contributed by atoms with van der Waals surface area (Å²) in [6.45, 7) is 6.10. The van der Waals surface area contributed by atoms with Gasteiger partial charge in [-0.1, -0.05) is 6.92 Å². The van der Waals surface area contributed by atoms with Crippen molar-refractivity contribution in [1.82, 2.24) is 29.4 Å². The molecular weight excluding hydrogens is 266 g/mol. The number of nitrogens with zero attached hydrogens (tertiary/aromatic N) is 6. The van der Waals surface area contributed by atoms with Gasteiger partial charge >= 0.3 is 0 Å². The smallest absolute Gasteiger partial charge is 0.145 e. The molecule has 0 spiro atoms. The first kappa shape index (κ1) is 14.1. The van der Waals surface area contributed by atoms with Crippen molar-refractivity contribution in [3.63, 3.8) is 0 Å². The van der Waals surface area contributed by atoms with Crippen molar-refractivity contribution in [2.24, 2.45) is 0 Å². The van der Waals surface area contributed by atoms with Crippen molar-refractivity contribution in [3.8, 4) is 0 Å². The maximum absolute atomic E-state index is 5.69. The molecule has 0 radical (unpaired) electrons. The fourth-order valence-electron chi connectivity index (χ4n) is 2.91. The molecule has 0 unspecified atom stereocenters. The highest BCUT2D eigenvalue weighted by Crippen LogP contribution is 2.23. The predicted octanol–water partition coefficient (Wildman–Crippen LogP) is 1.30. The molecular formula is C14H23N7. The van der Waals surface area contributed by atoms with E-state index in [1.165, 1.54) is 0 Å². The van der Waals surface area contributed by atoms with Gasteiger partial charge in [-0.3, -0.25) is 9.58 Å². The zero-order valence-electron chi connectivity index (χ0n) is 12.5. The van der Waals surface area contributed by atoms with Crippen LogP contribution < -0.4 is 5.73 Å². The molecule has 3 rings (SSSR count). The lowest BCUT2D eigenvalue weighted by Crippen LogP contribution is -2.35. The number of anilines is 1. The fourth-order valence-corrected chi connectivity index (χ4v) is 2.91. The molecule has 0 saturated carbocycles. The summed E-state index contributed by atoms with van der Waals surface area (Å²) in [5.74, 6) is 1.67. The Hall–Kier alpha value is -1.89. The first-order valence-electron chi connectivity index (χ1n) is 7.66. The van der Waals surface area contributed by atoms with Gasteiger partial charge in [-0.15, -0.1) is 0 Å². The van der Waals surface area contributed by atoms with Gasteiger partial charge in [0.25, 0.3) is 0 Å². The highest BCUT2D eigenvalue weighted by molar-refractivity contribution is 5.24. The van der Waals surface area contributed by atoms with E-state index in [-0.39, 0.29) is 0 Å². The molecule has 7 nitrogen and oxygen atoms in total. The first-order chi connectivity index (χ1) is 10.3. The van der Waals surface area contributed by atoms with Gasteiger partial charge < -0.3 is 5.73 Å². The second-order valence-corrected chi connectivity index (χ2v) is 5.63. The summed E-state index contributed by atoms with van der Waals surface area (Å²) >= 11 is 0. The Morgan fingerprint density at radius 2 is 2.14 bits per heavy atom. The van der Waals surface area contributed by atoms with Crippen LogP contribution in [0.15, 0.2) is 18.6 Å². The van der Waals surface area contributed by atoms with Crippen LogP contribution in [0, 0.1) is 0 Å². The van der Waals surface area contributed by atoms with Crippen LogP contribution in [0.5, 0.6) is 0 Å². The minimum absolute atomic E-state index is 0.465. The van der Waals surface area contributed by atoms with Crippen LogP contribution in [0.1, 0.15) is 38.1 Å². The van der Waals surface area contributed by atoms with Crippen LogP contribution in [0.4, 0.5) is 5.82 Å². The largest absolute Gasteiger partial charge is 0.382 e. The third kappa shape index (κ3) is 3.24. The second-order valence-electron chi connectivity index (χ2n) is 5.63. The summed E-state index contributed by atoms with van der Waals surface area (Å²) in [5, 5.41) is 8.61. The van der Waals surface area contributed by atoms with Gasteiger partial charge in [-0.2, -0.15) is 10.2 Å². The Kier molecular flexibility index (Phi) is 4.19. The topological polar surface area (TPSA) is 77.8 Å².